The summed E-state index contributed by atoms with van der Waals surface area (Å²) < 4.78 is 6.09. The molecule has 0 aliphatic carbocycles. The summed E-state index contributed by atoms with van der Waals surface area (Å²) >= 11 is 6.17. The molecule has 2 aromatic rings. The van der Waals surface area contributed by atoms with Crippen molar-refractivity contribution in [1.29, 1.82) is 0 Å². The summed E-state index contributed by atoms with van der Waals surface area (Å²) in [6, 6.07) is 10.8. The van der Waals surface area contributed by atoms with Crippen LogP contribution in [0.25, 0.3) is 0 Å². The van der Waals surface area contributed by atoms with Crippen molar-refractivity contribution in [2.75, 3.05) is 13.1 Å². The highest BCUT2D eigenvalue weighted by Gasteiger charge is 2.41. The molecule has 1 fully saturated rings. The van der Waals surface area contributed by atoms with Crippen molar-refractivity contribution in [3.8, 4) is 11.5 Å². The Bertz CT molecular complexity index is 895. The molecule has 2 aliphatic rings. The average molecular weight is 358 g/mol. The molecule has 0 spiro atoms. The number of hydrogen-bond donors (Lipinski definition) is 1. The highest BCUT2D eigenvalue weighted by atomic mass is 35.5. The standard InChI is InChI=1S/C19H16ClNO4/c1-10(22)11-2-4-17-13(6-11)15-8-21(19(23)24)9-16(15)14-7-12(20)3-5-18(14)25-17/h2-7,15-16H,8-9H2,1H3,(H,23,24)/t15-,16?/m1/s1. The van der Waals surface area contributed by atoms with Gasteiger partial charge in [0.25, 0.3) is 0 Å². The Hall–Kier alpha value is -2.53. The van der Waals surface area contributed by atoms with Gasteiger partial charge in [-0.25, -0.2) is 4.79 Å². The van der Waals surface area contributed by atoms with Crippen molar-refractivity contribution in [1.82, 2.24) is 4.90 Å². The number of Topliss-reactive ketones (excluding diaryl/α,β-unsaturated/α-hetero) is 1. The Balaban J connectivity index is 1.90. The lowest BCUT2D eigenvalue weighted by Gasteiger charge is -2.17. The van der Waals surface area contributed by atoms with E-state index in [1.54, 1.807) is 18.2 Å². The Morgan fingerprint density at radius 3 is 2.28 bits per heavy atom. The molecule has 0 aromatic heterocycles. The molecule has 2 atom stereocenters. The first-order valence-electron chi connectivity index (χ1n) is 8.04. The van der Waals surface area contributed by atoms with Crippen LogP contribution in [0.4, 0.5) is 4.79 Å². The molecule has 1 unspecified atom stereocenters. The predicted molar refractivity (Wildman–Crippen MR) is 93.1 cm³/mol. The number of nitrogens with zero attached hydrogens (tertiary/aromatic N) is 1. The van der Waals surface area contributed by atoms with Crippen LogP contribution in [0.15, 0.2) is 36.4 Å². The first-order valence-corrected chi connectivity index (χ1v) is 8.42. The van der Waals surface area contributed by atoms with Crippen molar-refractivity contribution >= 4 is 23.5 Å². The molecule has 1 N–H and O–H groups in total. The lowest BCUT2D eigenvalue weighted by molar-refractivity contribution is 0.101. The number of ether oxygens (including phenoxy) is 1. The van der Waals surface area contributed by atoms with Gasteiger partial charge in [-0.3, -0.25) is 4.79 Å². The molecule has 4 rings (SSSR count). The zero-order valence-electron chi connectivity index (χ0n) is 13.5. The van der Waals surface area contributed by atoms with Gasteiger partial charge in [-0.2, -0.15) is 0 Å². The second-order valence-electron chi connectivity index (χ2n) is 6.49. The summed E-state index contributed by atoms with van der Waals surface area (Å²) in [7, 11) is 0. The van der Waals surface area contributed by atoms with E-state index < -0.39 is 6.09 Å². The van der Waals surface area contributed by atoms with Crippen molar-refractivity contribution in [3.63, 3.8) is 0 Å². The summed E-state index contributed by atoms with van der Waals surface area (Å²) in [6.07, 6.45) is -0.943. The maximum atomic E-state index is 11.8. The fourth-order valence-corrected chi connectivity index (χ4v) is 3.94. The topological polar surface area (TPSA) is 66.8 Å². The predicted octanol–water partition coefficient (Wildman–Crippen LogP) is 4.51. The average Bonchev–Trinajstić information content (AvgIpc) is 2.97. The van der Waals surface area contributed by atoms with Crippen LogP contribution in [-0.2, 0) is 0 Å². The summed E-state index contributed by atoms with van der Waals surface area (Å²) in [4.78, 5) is 24.7. The molecule has 0 saturated carbocycles. The van der Waals surface area contributed by atoms with Gasteiger partial charge in [-0.15, -0.1) is 0 Å². The number of carbonyl (C=O) groups excluding carboxylic acids is 1. The maximum Gasteiger partial charge on any atom is 0.407 e. The zero-order valence-corrected chi connectivity index (χ0v) is 14.3. The number of amides is 1. The lowest BCUT2D eigenvalue weighted by Crippen LogP contribution is -2.26. The SMILES string of the molecule is CC(=O)c1ccc2c(c1)[C@H]1CN(C(=O)O)CC1c1cc(Cl)ccc1O2. The molecule has 128 valence electrons. The van der Waals surface area contributed by atoms with Gasteiger partial charge in [0.05, 0.1) is 0 Å². The summed E-state index contributed by atoms with van der Waals surface area (Å²) in [5.41, 5.74) is 2.37. The fourth-order valence-electron chi connectivity index (χ4n) is 3.76. The first-order chi connectivity index (χ1) is 11.9. The lowest BCUT2D eigenvalue weighted by atomic mass is 9.83. The number of likely N-dealkylation sites (tertiary alicyclic amines) is 1. The van der Waals surface area contributed by atoms with E-state index in [4.69, 9.17) is 16.3 Å². The highest BCUT2D eigenvalue weighted by Crippen LogP contribution is 2.50. The van der Waals surface area contributed by atoms with Crippen LogP contribution in [0.5, 0.6) is 11.5 Å². The molecule has 0 radical (unpaired) electrons. The van der Waals surface area contributed by atoms with Gasteiger partial charge in [0.15, 0.2) is 5.78 Å². The molecule has 5 nitrogen and oxygen atoms in total. The maximum absolute atomic E-state index is 11.8. The van der Waals surface area contributed by atoms with Crippen LogP contribution in [0.1, 0.15) is 40.2 Å². The van der Waals surface area contributed by atoms with Gasteiger partial charge >= 0.3 is 6.09 Å². The molecule has 25 heavy (non-hydrogen) atoms. The van der Waals surface area contributed by atoms with Gasteiger partial charge in [0.1, 0.15) is 11.5 Å². The van der Waals surface area contributed by atoms with E-state index in [1.807, 2.05) is 18.2 Å². The van der Waals surface area contributed by atoms with Gasteiger partial charge < -0.3 is 14.7 Å². The molecule has 1 amide bonds. The van der Waals surface area contributed by atoms with Gasteiger partial charge in [-0.1, -0.05) is 11.6 Å². The summed E-state index contributed by atoms with van der Waals surface area (Å²) in [5.74, 6) is 1.17. The number of rotatable bonds is 1. The summed E-state index contributed by atoms with van der Waals surface area (Å²) in [6.45, 7) is 2.26. The Kier molecular flexibility index (Phi) is 3.69. The number of carbonyl (C=O) groups is 2. The number of benzene rings is 2. The second kappa shape index (κ2) is 5.77. The largest absolute Gasteiger partial charge is 0.465 e. The second-order valence-corrected chi connectivity index (χ2v) is 6.93. The van der Waals surface area contributed by atoms with E-state index in [0.717, 1.165) is 11.1 Å². The number of carboxylic acid groups (broad SMARTS) is 1. The van der Waals surface area contributed by atoms with Crippen LogP contribution in [0.3, 0.4) is 0 Å². The third kappa shape index (κ3) is 2.65. The number of hydrogen-bond acceptors (Lipinski definition) is 3. The molecule has 0 bridgehead atoms. The minimum absolute atomic E-state index is 0.0303. The van der Waals surface area contributed by atoms with E-state index in [0.29, 0.717) is 35.2 Å². The van der Waals surface area contributed by atoms with E-state index in [-0.39, 0.29) is 17.6 Å². The molecular formula is C19H16ClNO4. The molecule has 1 saturated heterocycles. The van der Waals surface area contributed by atoms with Gasteiger partial charge in [-0.05, 0) is 43.3 Å². The Morgan fingerprint density at radius 2 is 1.68 bits per heavy atom. The van der Waals surface area contributed by atoms with Crippen LogP contribution in [0, 0.1) is 0 Å². The normalized spacial score (nSPS) is 20.8. The molecular weight excluding hydrogens is 342 g/mol. The van der Waals surface area contributed by atoms with Crippen molar-refractivity contribution < 1.29 is 19.4 Å². The Labute approximate surface area is 149 Å². The summed E-state index contributed by atoms with van der Waals surface area (Å²) in [5, 5.41) is 10.0. The van der Waals surface area contributed by atoms with E-state index in [9.17, 15) is 14.7 Å². The van der Waals surface area contributed by atoms with E-state index in [1.165, 1.54) is 11.8 Å². The molecule has 2 aliphatic heterocycles. The third-order valence-electron chi connectivity index (χ3n) is 5.00. The van der Waals surface area contributed by atoms with Crippen molar-refractivity contribution in [3.05, 3.63) is 58.1 Å². The number of halogens is 1. The van der Waals surface area contributed by atoms with Crippen LogP contribution in [-0.4, -0.2) is 35.0 Å². The van der Waals surface area contributed by atoms with Crippen LogP contribution < -0.4 is 4.74 Å². The molecule has 2 heterocycles. The number of fused-ring (bicyclic) bond motifs is 5. The number of ketones is 1. The highest BCUT2D eigenvalue weighted by molar-refractivity contribution is 6.30. The van der Waals surface area contributed by atoms with Crippen LogP contribution >= 0.6 is 11.6 Å². The minimum atomic E-state index is -0.943. The monoisotopic (exact) mass is 357 g/mol. The smallest absolute Gasteiger partial charge is 0.407 e. The first kappa shape index (κ1) is 16.0. The van der Waals surface area contributed by atoms with Gasteiger partial charge in [0, 0.05) is 46.6 Å². The van der Waals surface area contributed by atoms with Crippen molar-refractivity contribution in [2.24, 2.45) is 0 Å². The molecule has 2 aromatic carbocycles. The molecule has 6 heteroatoms. The third-order valence-corrected chi connectivity index (χ3v) is 5.23. The Morgan fingerprint density at radius 1 is 1.08 bits per heavy atom. The van der Waals surface area contributed by atoms with Crippen molar-refractivity contribution in [2.45, 2.75) is 18.8 Å². The quantitative estimate of drug-likeness (QED) is 0.762. The van der Waals surface area contributed by atoms with Crippen LogP contribution in [0.2, 0.25) is 5.02 Å². The van der Waals surface area contributed by atoms with E-state index in [2.05, 4.69) is 0 Å². The minimum Gasteiger partial charge on any atom is -0.465 e. The zero-order chi connectivity index (χ0) is 17.7. The van der Waals surface area contributed by atoms with E-state index >= 15 is 0 Å². The fraction of sp³-hybridized carbons (Fsp3) is 0.263. The van der Waals surface area contributed by atoms with Gasteiger partial charge in [0.2, 0.25) is 0 Å².